The van der Waals surface area contributed by atoms with Crippen LogP contribution in [0.3, 0.4) is 0 Å². The summed E-state index contributed by atoms with van der Waals surface area (Å²) in [6, 6.07) is 6.91. The van der Waals surface area contributed by atoms with Crippen LogP contribution in [0, 0.1) is 11.7 Å². The van der Waals surface area contributed by atoms with E-state index in [-0.39, 0.29) is 31.0 Å². The standard InChI is InChI=1S/C28H31F4N3O/c1-2-26-11-12-27(36,28(30,31)32)15-19(26)7-4-8-23-22(26)13-18-16-33-35(25(18)34-23)24-10-9-20(29)14-21(24)17-5-3-6-17/h9-10,13-14,16-17,19,36H,2-8,11-12,15H2,1H3. The number of nitrogens with zero attached hydrogens (tertiary/aromatic N) is 3. The molecule has 8 heteroatoms. The third-order valence-electron chi connectivity index (χ3n) is 9.40. The van der Waals surface area contributed by atoms with E-state index < -0.39 is 17.2 Å². The van der Waals surface area contributed by atoms with Crippen LogP contribution in [-0.2, 0) is 11.8 Å². The van der Waals surface area contributed by atoms with Crippen LogP contribution in [0.5, 0.6) is 0 Å². The fourth-order valence-electron chi connectivity index (χ4n) is 7.06. The van der Waals surface area contributed by atoms with Crippen LogP contribution in [0.15, 0.2) is 30.5 Å². The number of hydrogen-bond acceptors (Lipinski definition) is 3. The van der Waals surface area contributed by atoms with E-state index >= 15 is 0 Å². The molecule has 6 rings (SSSR count). The molecular formula is C28H31F4N3O. The first-order valence-electron chi connectivity index (χ1n) is 13.1. The van der Waals surface area contributed by atoms with E-state index in [1.165, 1.54) is 6.07 Å². The zero-order valence-electron chi connectivity index (χ0n) is 20.4. The Bertz CT molecular complexity index is 1310. The van der Waals surface area contributed by atoms with Crippen LogP contribution in [-0.4, -0.2) is 31.6 Å². The average Bonchev–Trinajstić information content (AvgIpc) is 3.13. The molecule has 3 unspecified atom stereocenters. The van der Waals surface area contributed by atoms with Gasteiger partial charge in [0.05, 0.1) is 11.9 Å². The quantitative estimate of drug-likeness (QED) is 0.397. The number of benzene rings is 1. The van der Waals surface area contributed by atoms with Gasteiger partial charge in [0.25, 0.3) is 0 Å². The highest BCUT2D eigenvalue weighted by atomic mass is 19.4. The van der Waals surface area contributed by atoms with Crippen molar-refractivity contribution in [3.05, 3.63) is 53.1 Å². The first-order valence-corrected chi connectivity index (χ1v) is 13.1. The van der Waals surface area contributed by atoms with Crippen molar-refractivity contribution in [1.82, 2.24) is 14.8 Å². The molecule has 3 atom stereocenters. The van der Waals surface area contributed by atoms with E-state index in [2.05, 4.69) is 11.2 Å². The molecule has 0 bridgehead atoms. The minimum Gasteiger partial charge on any atom is -0.380 e. The van der Waals surface area contributed by atoms with Crippen molar-refractivity contribution in [3.63, 3.8) is 0 Å². The number of rotatable bonds is 3. The largest absolute Gasteiger partial charge is 0.417 e. The Morgan fingerprint density at radius 1 is 1.11 bits per heavy atom. The second-order valence-corrected chi connectivity index (χ2v) is 11.1. The third-order valence-corrected chi connectivity index (χ3v) is 9.40. The lowest BCUT2D eigenvalue weighted by Crippen LogP contribution is -2.54. The maximum atomic E-state index is 14.1. The molecule has 192 valence electrons. The highest BCUT2D eigenvalue weighted by Crippen LogP contribution is 2.56. The van der Waals surface area contributed by atoms with Crippen molar-refractivity contribution < 1.29 is 22.7 Å². The van der Waals surface area contributed by atoms with Gasteiger partial charge in [0.1, 0.15) is 5.82 Å². The second kappa shape index (κ2) is 8.27. The molecular weight excluding hydrogens is 470 g/mol. The van der Waals surface area contributed by atoms with Gasteiger partial charge >= 0.3 is 6.18 Å². The molecule has 1 aromatic carbocycles. The van der Waals surface area contributed by atoms with Crippen LogP contribution < -0.4 is 0 Å². The van der Waals surface area contributed by atoms with E-state index in [0.29, 0.717) is 30.8 Å². The normalized spacial score (nSPS) is 28.9. The summed E-state index contributed by atoms with van der Waals surface area (Å²) in [6.07, 6.45) is 2.79. The molecule has 2 heterocycles. The Balaban J connectivity index is 1.46. The third kappa shape index (κ3) is 3.51. The number of pyridine rings is 1. The fourth-order valence-corrected chi connectivity index (χ4v) is 7.06. The van der Waals surface area contributed by atoms with E-state index in [1.807, 2.05) is 6.92 Å². The summed E-state index contributed by atoms with van der Waals surface area (Å²) in [4.78, 5) is 5.07. The van der Waals surface area contributed by atoms with Gasteiger partial charge in [-0.1, -0.05) is 13.3 Å². The van der Waals surface area contributed by atoms with Crippen molar-refractivity contribution in [1.29, 1.82) is 0 Å². The van der Waals surface area contributed by atoms with Gasteiger partial charge in [0.2, 0.25) is 0 Å². The highest BCUT2D eigenvalue weighted by Gasteiger charge is 2.60. The van der Waals surface area contributed by atoms with Gasteiger partial charge in [0, 0.05) is 11.1 Å². The Morgan fingerprint density at radius 2 is 1.92 bits per heavy atom. The number of halogens is 4. The summed E-state index contributed by atoms with van der Waals surface area (Å²) in [7, 11) is 0. The molecule has 3 aromatic rings. The van der Waals surface area contributed by atoms with E-state index in [4.69, 9.17) is 4.98 Å². The van der Waals surface area contributed by atoms with Crippen molar-refractivity contribution in [2.45, 2.75) is 94.2 Å². The summed E-state index contributed by atoms with van der Waals surface area (Å²) in [6.45, 7) is 2.04. The molecule has 3 aliphatic rings. The molecule has 2 fully saturated rings. The van der Waals surface area contributed by atoms with Gasteiger partial charge in [0.15, 0.2) is 11.2 Å². The van der Waals surface area contributed by atoms with Gasteiger partial charge in [-0.05, 0) is 110 Å². The lowest BCUT2D eigenvalue weighted by Gasteiger charge is -2.50. The molecule has 0 spiro atoms. The second-order valence-electron chi connectivity index (χ2n) is 11.1. The summed E-state index contributed by atoms with van der Waals surface area (Å²) >= 11 is 0. The minimum absolute atomic E-state index is 0.258. The van der Waals surface area contributed by atoms with Crippen LogP contribution in [0.25, 0.3) is 16.7 Å². The SMILES string of the molecule is CCC12CCC(O)(C(F)(F)F)CC1CCCc1nc3c(cnn3-c3ccc(F)cc3C3CCC3)cc12. The predicted octanol–water partition coefficient (Wildman–Crippen LogP) is 6.90. The first-order chi connectivity index (χ1) is 17.1. The smallest absolute Gasteiger partial charge is 0.380 e. The Labute approximate surface area is 207 Å². The molecule has 0 saturated heterocycles. The fraction of sp³-hybridized carbons (Fsp3) is 0.571. The number of hydrogen-bond donors (Lipinski definition) is 1. The summed E-state index contributed by atoms with van der Waals surface area (Å²) in [5, 5.41) is 16.0. The van der Waals surface area contributed by atoms with Gasteiger partial charge in [-0.25, -0.2) is 14.1 Å². The van der Waals surface area contributed by atoms with E-state index in [0.717, 1.165) is 53.6 Å². The van der Waals surface area contributed by atoms with Crippen LogP contribution in [0.4, 0.5) is 17.6 Å². The predicted molar refractivity (Wildman–Crippen MR) is 129 cm³/mol. The van der Waals surface area contributed by atoms with Crippen molar-refractivity contribution in [3.8, 4) is 5.69 Å². The number of fused-ring (bicyclic) bond motifs is 4. The summed E-state index contributed by atoms with van der Waals surface area (Å²) in [5.74, 6) is -0.207. The van der Waals surface area contributed by atoms with Crippen molar-refractivity contribution in [2.75, 3.05) is 0 Å². The molecule has 2 saturated carbocycles. The van der Waals surface area contributed by atoms with Gasteiger partial charge in [-0.2, -0.15) is 18.3 Å². The molecule has 0 radical (unpaired) electrons. The number of aryl methyl sites for hydroxylation is 1. The number of aromatic nitrogens is 3. The maximum absolute atomic E-state index is 14.1. The molecule has 0 amide bonds. The summed E-state index contributed by atoms with van der Waals surface area (Å²) in [5.41, 5.74) is 1.36. The number of alkyl halides is 3. The van der Waals surface area contributed by atoms with E-state index in [1.54, 1.807) is 23.0 Å². The van der Waals surface area contributed by atoms with Crippen LogP contribution >= 0.6 is 0 Å². The van der Waals surface area contributed by atoms with Gasteiger partial charge < -0.3 is 5.11 Å². The molecule has 2 aromatic heterocycles. The minimum atomic E-state index is -4.63. The zero-order chi connectivity index (χ0) is 25.3. The zero-order valence-corrected chi connectivity index (χ0v) is 20.4. The van der Waals surface area contributed by atoms with Crippen LogP contribution in [0.2, 0.25) is 0 Å². The molecule has 1 N–H and O–H groups in total. The van der Waals surface area contributed by atoms with Crippen LogP contribution in [0.1, 0.15) is 87.4 Å². The van der Waals surface area contributed by atoms with Gasteiger partial charge in [-0.15, -0.1) is 0 Å². The maximum Gasteiger partial charge on any atom is 0.417 e. The molecule has 3 aliphatic carbocycles. The monoisotopic (exact) mass is 501 g/mol. The molecule has 36 heavy (non-hydrogen) atoms. The lowest BCUT2D eigenvalue weighted by atomic mass is 9.57. The van der Waals surface area contributed by atoms with E-state index in [9.17, 15) is 22.7 Å². The topological polar surface area (TPSA) is 50.9 Å². The lowest BCUT2D eigenvalue weighted by molar-refractivity contribution is -0.279. The molecule has 0 aliphatic heterocycles. The van der Waals surface area contributed by atoms with Gasteiger partial charge in [-0.3, -0.25) is 0 Å². The Kier molecular flexibility index (Phi) is 5.49. The highest BCUT2D eigenvalue weighted by molar-refractivity contribution is 5.78. The molecule has 4 nitrogen and oxygen atoms in total. The first kappa shape index (κ1) is 23.9. The number of aliphatic hydroxyl groups is 1. The Morgan fingerprint density at radius 3 is 2.61 bits per heavy atom. The Hall–Kier alpha value is -2.48. The summed E-state index contributed by atoms with van der Waals surface area (Å²) < 4.78 is 57.1. The van der Waals surface area contributed by atoms with Crippen molar-refractivity contribution >= 4 is 11.0 Å². The average molecular weight is 502 g/mol. The van der Waals surface area contributed by atoms with Crippen molar-refractivity contribution in [2.24, 2.45) is 5.92 Å².